The molecule has 2 aromatic carbocycles. The normalized spacial score (nSPS) is 22.8. The molecule has 2 atom stereocenters. The van der Waals surface area contributed by atoms with Gasteiger partial charge in [0.25, 0.3) is 0 Å². The van der Waals surface area contributed by atoms with Crippen LogP contribution in [0.15, 0.2) is 60.4 Å². The molecule has 1 spiro atoms. The number of hydrogen-bond acceptors (Lipinski definition) is 6. The van der Waals surface area contributed by atoms with Gasteiger partial charge in [-0.1, -0.05) is 30.3 Å². The van der Waals surface area contributed by atoms with Crippen molar-refractivity contribution in [2.45, 2.75) is 37.0 Å². The number of amides is 1. The molecule has 2 aromatic rings. The molecule has 0 radical (unpaired) electrons. The van der Waals surface area contributed by atoms with Crippen molar-refractivity contribution in [3.63, 3.8) is 0 Å². The number of hydrogen-bond donors (Lipinski definition) is 0. The lowest BCUT2D eigenvalue weighted by atomic mass is 9.64. The highest BCUT2D eigenvalue weighted by atomic mass is 19.4. The minimum Gasteiger partial charge on any atom is -0.472 e. The third-order valence-electron chi connectivity index (χ3n) is 6.01. The quantitative estimate of drug-likeness (QED) is 0.416. The van der Waals surface area contributed by atoms with E-state index >= 15 is 0 Å². The highest BCUT2D eigenvalue weighted by Crippen LogP contribution is 2.62. The van der Waals surface area contributed by atoms with Crippen molar-refractivity contribution < 1.29 is 50.1 Å². The minimum atomic E-state index is -5.66. The van der Waals surface area contributed by atoms with E-state index in [2.05, 4.69) is 9.47 Å². The first-order valence-corrected chi connectivity index (χ1v) is 10.6. The SMILES string of the molecule is CCOC(=O)[C@@]1(C(F)(F)F)OC=C(C#N)[C@]12C(=O)N(Cc1ccccc1)c1ccc(OC(F)(F)F)cc12. The molecule has 0 saturated heterocycles. The summed E-state index contributed by atoms with van der Waals surface area (Å²) in [6.07, 6.45) is -10.6. The van der Waals surface area contributed by atoms with Crippen LogP contribution in [0.2, 0.25) is 0 Å². The molecule has 0 bridgehead atoms. The van der Waals surface area contributed by atoms with E-state index in [0.29, 0.717) is 17.9 Å². The number of carbonyl (C=O) groups is 2. The van der Waals surface area contributed by atoms with Gasteiger partial charge in [-0.3, -0.25) is 4.79 Å². The molecule has 0 N–H and O–H groups in total. The first kappa shape index (κ1) is 25.9. The summed E-state index contributed by atoms with van der Waals surface area (Å²) in [5.74, 6) is -4.41. The fraction of sp³-hybridized carbons (Fsp3) is 0.292. The topological polar surface area (TPSA) is 88.9 Å². The fourth-order valence-electron chi connectivity index (χ4n) is 4.65. The molecule has 194 valence electrons. The fourth-order valence-corrected chi connectivity index (χ4v) is 4.65. The number of esters is 1. The van der Waals surface area contributed by atoms with E-state index in [0.717, 1.165) is 17.0 Å². The number of halogens is 6. The van der Waals surface area contributed by atoms with E-state index < -0.39 is 58.9 Å². The van der Waals surface area contributed by atoms with E-state index in [-0.39, 0.29) is 12.2 Å². The molecule has 13 heteroatoms. The van der Waals surface area contributed by atoms with Crippen molar-refractivity contribution in [3.05, 3.63) is 71.5 Å². The highest BCUT2D eigenvalue weighted by molar-refractivity contribution is 6.16. The van der Waals surface area contributed by atoms with Crippen molar-refractivity contribution in [2.75, 3.05) is 11.5 Å². The van der Waals surface area contributed by atoms with E-state index in [1.165, 1.54) is 13.0 Å². The molecule has 1 amide bonds. The summed E-state index contributed by atoms with van der Waals surface area (Å²) in [4.78, 5) is 27.8. The number of carbonyl (C=O) groups excluding carboxylic acids is 2. The van der Waals surface area contributed by atoms with Crippen molar-refractivity contribution in [3.8, 4) is 11.8 Å². The van der Waals surface area contributed by atoms with Crippen molar-refractivity contribution in [2.24, 2.45) is 0 Å². The maximum atomic E-state index is 14.8. The van der Waals surface area contributed by atoms with Crippen LogP contribution in [0.25, 0.3) is 0 Å². The number of fused-ring (bicyclic) bond motifs is 2. The van der Waals surface area contributed by atoms with E-state index in [9.17, 15) is 41.2 Å². The van der Waals surface area contributed by atoms with Crippen LogP contribution in [0.1, 0.15) is 18.1 Å². The monoisotopic (exact) mass is 526 g/mol. The summed E-state index contributed by atoms with van der Waals surface area (Å²) < 4.78 is 96.8. The lowest BCUT2D eigenvalue weighted by Crippen LogP contribution is -2.68. The van der Waals surface area contributed by atoms with E-state index in [4.69, 9.17) is 4.74 Å². The molecule has 2 aliphatic heterocycles. The lowest BCUT2D eigenvalue weighted by Gasteiger charge is -2.40. The van der Waals surface area contributed by atoms with Crippen molar-refractivity contribution >= 4 is 17.6 Å². The maximum absolute atomic E-state index is 14.8. The molecule has 2 aliphatic rings. The average Bonchev–Trinajstić information content (AvgIpc) is 3.29. The van der Waals surface area contributed by atoms with E-state index in [1.807, 2.05) is 0 Å². The Hall–Kier alpha value is -4.21. The number of nitrogens with zero attached hydrogens (tertiary/aromatic N) is 2. The van der Waals surface area contributed by atoms with Crippen LogP contribution < -0.4 is 9.64 Å². The zero-order chi connectivity index (χ0) is 27.2. The predicted octanol–water partition coefficient (Wildman–Crippen LogP) is 4.67. The summed E-state index contributed by atoms with van der Waals surface area (Å²) in [5, 5.41) is 9.78. The van der Waals surface area contributed by atoms with Gasteiger partial charge in [0.15, 0.2) is 5.41 Å². The molecule has 0 aliphatic carbocycles. The Morgan fingerprint density at radius 3 is 2.35 bits per heavy atom. The largest absolute Gasteiger partial charge is 0.573 e. The second-order valence-electron chi connectivity index (χ2n) is 8.01. The first-order chi connectivity index (χ1) is 17.3. The Kier molecular flexibility index (Phi) is 6.10. The average molecular weight is 526 g/mol. The van der Waals surface area contributed by atoms with Gasteiger partial charge in [0, 0.05) is 11.3 Å². The van der Waals surface area contributed by atoms with Gasteiger partial charge in [0.1, 0.15) is 12.0 Å². The summed E-state index contributed by atoms with van der Waals surface area (Å²) in [7, 11) is 0. The predicted molar refractivity (Wildman–Crippen MR) is 113 cm³/mol. The van der Waals surface area contributed by atoms with Gasteiger partial charge in [-0.2, -0.15) is 18.4 Å². The molecule has 0 unspecified atom stereocenters. The van der Waals surface area contributed by atoms with E-state index in [1.54, 1.807) is 30.3 Å². The summed E-state index contributed by atoms with van der Waals surface area (Å²) in [6.45, 7) is 0.330. The number of alkyl halides is 6. The van der Waals surface area contributed by atoms with Gasteiger partial charge in [0.2, 0.25) is 5.91 Å². The molecule has 7 nitrogen and oxygen atoms in total. The Balaban J connectivity index is 2.06. The molecular formula is C24H16F6N2O5. The summed E-state index contributed by atoms with van der Waals surface area (Å²) >= 11 is 0. The molecule has 2 heterocycles. The number of nitriles is 1. The van der Waals surface area contributed by atoms with Crippen LogP contribution in [0.4, 0.5) is 32.0 Å². The molecular weight excluding hydrogens is 510 g/mol. The summed E-state index contributed by atoms with van der Waals surface area (Å²) in [6, 6.07) is 11.8. The van der Waals surface area contributed by atoms with Crippen molar-refractivity contribution in [1.29, 1.82) is 5.26 Å². The molecule has 0 fully saturated rings. The van der Waals surface area contributed by atoms with Gasteiger partial charge < -0.3 is 19.1 Å². The smallest absolute Gasteiger partial charge is 0.472 e. The Morgan fingerprint density at radius 2 is 1.78 bits per heavy atom. The number of ether oxygens (including phenoxy) is 3. The van der Waals surface area contributed by atoms with Gasteiger partial charge in [-0.15, -0.1) is 13.2 Å². The molecule has 0 aromatic heterocycles. The lowest BCUT2D eigenvalue weighted by molar-refractivity contribution is -0.275. The highest BCUT2D eigenvalue weighted by Gasteiger charge is 2.84. The number of anilines is 1. The zero-order valence-electron chi connectivity index (χ0n) is 18.8. The molecule has 4 rings (SSSR count). The van der Waals surface area contributed by atoms with Crippen LogP contribution in [-0.4, -0.2) is 36.6 Å². The van der Waals surface area contributed by atoms with Gasteiger partial charge in [0.05, 0.1) is 24.8 Å². The van der Waals surface area contributed by atoms with Crippen LogP contribution in [0, 0.1) is 11.3 Å². The second-order valence-corrected chi connectivity index (χ2v) is 8.01. The number of benzene rings is 2. The first-order valence-electron chi connectivity index (χ1n) is 10.6. The third-order valence-corrected chi connectivity index (χ3v) is 6.01. The van der Waals surface area contributed by atoms with Crippen molar-refractivity contribution in [1.82, 2.24) is 0 Å². The van der Waals surface area contributed by atoms with Gasteiger partial charge in [-0.25, -0.2) is 4.79 Å². The van der Waals surface area contributed by atoms with Crippen LogP contribution >= 0.6 is 0 Å². The maximum Gasteiger partial charge on any atom is 0.573 e. The molecule has 37 heavy (non-hydrogen) atoms. The Morgan fingerprint density at radius 1 is 1.11 bits per heavy atom. The number of rotatable bonds is 5. The zero-order valence-corrected chi connectivity index (χ0v) is 18.8. The second kappa shape index (κ2) is 8.72. The van der Waals surface area contributed by atoms with Crippen LogP contribution in [0.3, 0.4) is 0 Å². The Bertz CT molecular complexity index is 1320. The van der Waals surface area contributed by atoms with Crippen LogP contribution in [0.5, 0.6) is 5.75 Å². The van der Waals surface area contributed by atoms with Gasteiger partial charge in [-0.05, 0) is 30.7 Å². The standard InChI is InChI=1S/C24H16F6N2O5/c1-2-35-20(34)22(23(25,26)27)21(15(11-31)13-36-22)17-10-16(37-24(28,29)30)8-9-18(17)32(19(21)33)12-14-6-4-3-5-7-14/h3-10,13H,2,12H2,1H3/t21-,22+/m0/s1. The molecule has 0 saturated carbocycles. The van der Waals surface area contributed by atoms with Gasteiger partial charge >= 0.3 is 24.1 Å². The Labute approximate surface area is 205 Å². The third kappa shape index (κ3) is 3.75. The van der Waals surface area contributed by atoms with Crippen LogP contribution in [-0.2, 0) is 31.0 Å². The summed E-state index contributed by atoms with van der Waals surface area (Å²) in [5.41, 5.74) is -8.84. The minimum absolute atomic E-state index is 0.270.